The molecule has 2 aromatic carbocycles. The second-order valence-corrected chi connectivity index (χ2v) is 5.60. The fourth-order valence-electron chi connectivity index (χ4n) is 2.30. The summed E-state index contributed by atoms with van der Waals surface area (Å²) in [5, 5.41) is 3.99. The number of halogens is 1. The van der Waals surface area contributed by atoms with Crippen molar-refractivity contribution >= 4 is 17.3 Å². The summed E-state index contributed by atoms with van der Waals surface area (Å²) in [5.74, 6) is 2.17. The highest BCUT2D eigenvalue weighted by atomic mass is 35.5. The number of nitrogens with zero attached hydrogens (tertiary/aromatic N) is 1. The molecule has 3 aromatic rings. The van der Waals surface area contributed by atoms with Gasteiger partial charge in [0.05, 0.1) is 19.9 Å². The molecule has 0 aliphatic carbocycles. The maximum atomic E-state index is 6.00. The Bertz CT molecular complexity index is 814. The summed E-state index contributed by atoms with van der Waals surface area (Å²) in [6.45, 7) is 2.53. The molecule has 5 heteroatoms. The molecule has 0 spiro atoms. The number of hydrogen-bond donors (Lipinski definition) is 1. The van der Waals surface area contributed by atoms with Crippen molar-refractivity contribution < 1.29 is 9.15 Å². The van der Waals surface area contributed by atoms with Crippen molar-refractivity contribution in [1.82, 2.24) is 4.98 Å². The Morgan fingerprint density at radius 2 is 2.09 bits per heavy atom. The van der Waals surface area contributed by atoms with Crippen LogP contribution in [0.25, 0.3) is 11.3 Å². The molecule has 0 saturated heterocycles. The molecule has 0 unspecified atom stereocenters. The Balaban J connectivity index is 1.70. The van der Waals surface area contributed by atoms with Crippen molar-refractivity contribution in [3.8, 4) is 17.1 Å². The molecule has 0 saturated carbocycles. The summed E-state index contributed by atoms with van der Waals surface area (Å²) >= 11 is 6.00. The summed E-state index contributed by atoms with van der Waals surface area (Å²) in [7, 11) is 1.66. The van der Waals surface area contributed by atoms with Gasteiger partial charge in [-0.3, -0.25) is 0 Å². The van der Waals surface area contributed by atoms with Gasteiger partial charge < -0.3 is 14.5 Å². The Hall–Kier alpha value is -2.46. The molecule has 0 bridgehead atoms. The molecule has 0 amide bonds. The van der Waals surface area contributed by atoms with Gasteiger partial charge in [-0.15, -0.1) is 0 Å². The van der Waals surface area contributed by atoms with E-state index in [0.29, 0.717) is 23.2 Å². The van der Waals surface area contributed by atoms with Crippen LogP contribution in [0.3, 0.4) is 0 Å². The summed E-state index contributed by atoms with van der Waals surface area (Å²) in [6.07, 6.45) is 1.71. The van der Waals surface area contributed by atoms with Crippen LogP contribution < -0.4 is 10.1 Å². The lowest BCUT2D eigenvalue weighted by molar-refractivity contribution is 0.414. The van der Waals surface area contributed by atoms with Crippen molar-refractivity contribution in [2.24, 2.45) is 0 Å². The molecular formula is C18H17ClN2O2. The van der Waals surface area contributed by atoms with Crippen molar-refractivity contribution in [2.75, 3.05) is 12.4 Å². The predicted octanol–water partition coefficient (Wildman–Crippen LogP) is 4.92. The number of oxazole rings is 1. The highest BCUT2D eigenvalue weighted by Gasteiger charge is 2.07. The minimum absolute atomic E-state index is 0.508. The second-order valence-electron chi connectivity index (χ2n) is 5.16. The molecule has 1 heterocycles. The summed E-state index contributed by atoms with van der Waals surface area (Å²) < 4.78 is 11.0. The molecule has 0 atom stereocenters. The van der Waals surface area contributed by atoms with Crippen molar-refractivity contribution in [3.05, 3.63) is 65.1 Å². The minimum Gasteiger partial charge on any atom is -0.497 e. The van der Waals surface area contributed by atoms with Gasteiger partial charge in [-0.1, -0.05) is 23.7 Å². The average Bonchev–Trinajstić information content (AvgIpc) is 3.02. The monoisotopic (exact) mass is 328 g/mol. The highest BCUT2D eigenvalue weighted by Crippen LogP contribution is 2.25. The third kappa shape index (κ3) is 3.66. The Morgan fingerprint density at radius 1 is 1.22 bits per heavy atom. The fraction of sp³-hybridized carbons (Fsp3) is 0.167. The van der Waals surface area contributed by atoms with Crippen LogP contribution >= 0.6 is 11.6 Å². The largest absolute Gasteiger partial charge is 0.497 e. The van der Waals surface area contributed by atoms with E-state index in [1.165, 1.54) is 0 Å². The van der Waals surface area contributed by atoms with E-state index in [9.17, 15) is 0 Å². The molecule has 118 valence electrons. The molecule has 0 radical (unpaired) electrons. The lowest BCUT2D eigenvalue weighted by atomic mass is 10.2. The van der Waals surface area contributed by atoms with Crippen LogP contribution in [-0.4, -0.2) is 12.1 Å². The molecule has 0 fully saturated rings. The first-order chi connectivity index (χ1) is 11.2. The van der Waals surface area contributed by atoms with E-state index in [0.717, 1.165) is 22.6 Å². The first kappa shape index (κ1) is 15.4. The molecule has 4 nitrogen and oxygen atoms in total. The Labute approximate surface area is 140 Å². The third-order valence-electron chi connectivity index (χ3n) is 3.53. The number of rotatable bonds is 5. The van der Waals surface area contributed by atoms with Gasteiger partial charge >= 0.3 is 0 Å². The number of aromatic nitrogens is 1. The van der Waals surface area contributed by atoms with Crippen molar-refractivity contribution in [1.29, 1.82) is 0 Å². The van der Waals surface area contributed by atoms with Crippen LogP contribution in [0.2, 0.25) is 5.02 Å². The molecule has 23 heavy (non-hydrogen) atoms. The zero-order valence-electron chi connectivity index (χ0n) is 13.0. The lowest BCUT2D eigenvalue weighted by Gasteiger charge is -2.09. The number of nitrogens with one attached hydrogen (secondary N) is 1. The number of ether oxygens (including phenoxy) is 1. The molecule has 1 aromatic heterocycles. The van der Waals surface area contributed by atoms with Crippen LogP contribution in [-0.2, 0) is 6.54 Å². The molecule has 0 aliphatic heterocycles. The van der Waals surface area contributed by atoms with E-state index >= 15 is 0 Å². The summed E-state index contributed by atoms with van der Waals surface area (Å²) in [5.41, 5.74) is 3.04. The maximum absolute atomic E-state index is 6.00. The zero-order valence-corrected chi connectivity index (χ0v) is 13.7. The second kappa shape index (κ2) is 6.75. The lowest BCUT2D eigenvalue weighted by Crippen LogP contribution is -2.01. The fourth-order valence-corrected chi connectivity index (χ4v) is 2.49. The Kier molecular flexibility index (Phi) is 4.53. The third-order valence-corrected chi connectivity index (χ3v) is 3.76. The quantitative estimate of drug-likeness (QED) is 0.721. The van der Waals surface area contributed by atoms with Gasteiger partial charge in [0.15, 0.2) is 5.76 Å². The SMILES string of the molecule is COc1ccc(NCc2ncc(-c3cccc(Cl)c3)o2)c(C)c1. The first-order valence-corrected chi connectivity index (χ1v) is 7.62. The van der Waals surface area contributed by atoms with E-state index in [4.69, 9.17) is 20.8 Å². The Morgan fingerprint density at radius 3 is 2.83 bits per heavy atom. The smallest absolute Gasteiger partial charge is 0.214 e. The van der Waals surface area contributed by atoms with E-state index in [1.54, 1.807) is 13.3 Å². The van der Waals surface area contributed by atoms with Crippen molar-refractivity contribution in [3.63, 3.8) is 0 Å². The van der Waals surface area contributed by atoms with Crippen LogP contribution in [0.15, 0.2) is 53.1 Å². The van der Waals surface area contributed by atoms with Crippen LogP contribution in [0.4, 0.5) is 5.69 Å². The van der Waals surface area contributed by atoms with Crippen molar-refractivity contribution in [2.45, 2.75) is 13.5 Å². The van der Waals surface area contributed by atoms with E-state index in [1.807, 2.05) is 49.4 Å². The molecular weight excluding hydrogens is 312 g/mol. The number of anilines is 1. The number of aryl methyl sites for hydroxylation is 1. The summed E-state index contributed by atoms with van der Waals surface area (Å²) in [6, 6.07) is 13.4. The van der Waals surface area contributed by atoms with Crippen LogP contribution in [0.5, 0.6) is 5.75 Å². The average molecular weight is 329 g/mol. The molecule has 1 N–H and O–H groups in total. The maximum Gasteiger partial charge on any atom is 0.214 e. The van der Waals surface area contributed by atoms with Gasteiger partial charge in [-0.05, 0) is 42.8 Å². The van der Waals surface area contributed by atoms with Crippen LogP contribution in [0.1, 0.15) is 11.5 Å². The molecule has 3 rings (SSSR count). The van der Waals surface area contributed by atoms with Gasteiger partial charge in [-0.2, -0.15) is 0 Å². The zero-order chi connectivity index (χ0) is 16.2. The van der Waals surface area contributed by atoms with E-state index in [-0.39, 0.29) is 0 Å². The van der Waals surface area contributed by atoms with Gasteiger partial charge in [0.25, 0.3) is 0 Å². The van der Waals surface area contributed by atoms with Crippen LogP contribution in [0, 0.1) is 6.92 Å². The van der Waals surface area contributed by atoms with Gasteiger partial charge in [0.2, 0.25) is 5.89 Å². The highest BCUT2D eigenvalue weighted by molar-refractivity contribution is 6.30. The topological polar surface area (TPSA) is 47.3 Å². The van der Waals surface area contributed by atoms with Gasteiger partial charge in [0.1, 0.15) is 5.75 Å². The minimum atomic E-state index is 0.508. The summed E-state index contributed by atoms with van der Waals surface area (Å²) in [4.78, 5) is 4.30. The number of methoxy groups -OCH3 is 1. The van der Waals surface area contributed by atoms with E-state index < -0.39 is 0 Å². The standard InChI is InChI=1S/C18H17ClN2O2/c1-12-8-15(22-2)6-7-16(12)20-11-18-21-10-17(23-18)13-4-3-5-14(19)9-13/h3-10,20H,11H2,1-2H3. The van der Waals surface area contributed by atoms with E-state index in [2.05, 4.69) is 10.3 Å². The van der Waals surface area contributed by atoms with Gasteiger partial charge in [-0.25, -0.2) is 4.98 Å². The van der Waals surface area contributed by atoms with Gasteiger partial charge in [0, 0.05) is 16.3 Å². The normalized spacial score (nSPS) is 10.6. The first-order valence-electron chi connectivity index (χ1n) is 7.25. The predicted molar refractivity (Wildman–Crippen MR) is 92.0 cm³/mol. The number of benzene rings is 2. The molecule has 0 aliphatic rings. The number of hydrogen-bond acceptors (Lipinski definition) is 4.